The van der Waals surface area contributed by atoms with E-state index in [1.165, 1.54) is 12.8 Å². The molecular weight excluding hydrogens is 649 g/mol. The van der Waals surface area contributed by atoms with E-state index in [4.69, 9.17) is 9.47 Å². The van der Waals surface area contributed by atoms with E-state index >= 15 is 0 Å². The minimum atomic E-state index is -3.66. The zero-order valence-corrected chi connectivity index (χ0v) is 31.1. The van der Waals surface area contributed by atoms with Gasteiger partial charge in [-0.15, -0.1) is 0 Å². The zero-order valence-electron chi connectivity index (χ0n) is 30.3. The highest BCUT2D eigenvalue weighted by Crippen LogP contribution is 2.67. The second-order valence-electron chi connectivity index (χ2n) is 16.6. The lowest BCUT2D eigenvalue weighted by molar-refractivity contribution is -0.189. The van der Waals surface area contributed by atoms with Crippen LogP contribution in [0.15, 0.2) is 54.6 Å². The number of ether oxygens (including phenoxy) is 2. The molecule has 0 radical (unpaired) electrons. The highest BCUT2D eigenvalue weighted by Gasteiger charge is 2.68. The largest absolute Gasteiger partial charge is 0.497 e. The van der Waals surface area contributed by atoms with Crippen molar-refractivity contribution in [3.63, 3.8) is 0 Å². The molecule has 9 heteroatoms. The van der Waals surface area contributed by atoms with Gasteiger partial charge in [0, 0.05) is 30.5 Å². The molecule has 0 N–H and O–H groups in total. The molecule has 5 aliphatic rings. The van der Waals surface area contributed by atoms with Crippen LogP contribution in [-0.4, -0.2) is 66.1 Å². The van der Waals surface area contributed by atoms with E-state index in [0.29, 0.717) is 12.8 Å². The van der Waals surface area contributed by atoms with Gasteiger partial charge in [0.25, 0.3) is 0 Å². The van der Waals surface area contributed by atoms with Gasteiger partial charge < -0.3 is 14.4 Å². The first-order chi connectivity index (χ1) is 24.0. The quantitative estimate of drug-likeness (QED) is 0.169. The van der Waals surface area contributed by atoms with Crippen LogP contribution < -0.4 is 4.74 Å². The van der Waals surface area contributed by atoms with Crippen LogP contribution in [0.2, 0.25) is 0 Å². The monoisotopic (exact) mass is 704 g/mol. The van der Waals surface area contributed by atoms with Gasteiger partial charge in [0.05, 0.1) is 19.3 Å². The summed E-state index contributed by atoms with van der Waals surface area (Å²) in [6, 6.07) is 17.5. The van der Waals surface area contributed by atoms with Crippen molar-refractivity contribution in [1.82, 2.24) is 9.21 Å². The van der Waals surface area contributed by atoms with Crippen LogP contribution in [0.25, 0.3) is 0 Å². The molecular formula is C41H56N2O6S. The number of benzene rings is 2. The lowest BCUT2D eigenvalue weighted by Gasteiger charge is -2.51. The van der Waals surface area contributed by atoms with Crippen LogP contribution in [0, 0.1) is 16.7 Å². The van der Waals surface area contributed by atoms with Crippen LogP contribution in [0.1, 0.15) is 115 Å². The second-order valence-corrected chi connectivity index (χ2v) is 18.5. The standard InChI is InChI=1S/C41H56N2O6S/c1-39(2)32-23-24-40(39,29-50(46,47)43(33-15-9-5-10-16-33)34-17-11-6-12-18-34)36(25-32)49-38(45)41(26-30-13-7-4-8-14-30)27-37(44)42(41)28-31-19-21-35(48-3)22-20-31/h4,7-8,13-14,19-22,32-34,36H,5-6,9-12,15-18,23-29H2,1-3H3/t32-,36-,40-,41+/m1/s1. The molecule has 5 fully saturated rings. The first kappa shape index (κ1) is 35.5. The van der Waals surface area contributed by atoms with Gasteiger partial charge in [-0.25, -0.2) is 13.2 Å². The molecule has 0 spiro atoms. The molecule has 4 atom stereocenters. The Hall–Kier alpha value is -2.91. The van der Waals surface area contributed by atoms with Crippen LogP contribution >= 0.6 is 0 Å². The fourth-order valence-corrected chi connectivity index (χ4v) is 13.5. The molecule has 1 heterocycles. The second kappa shape index (κ2) is 13.9. The van der Waals surface area contributed by atoms with E-state index in [2.05, 4.69) is 13.8 Å². The highest BCUT2D eigenvalue weighted by molar-refractivity contribution is 7.89. The maximum absolute atomic E-state index is 15.0. The van der Waals surface area contributed by atoms with Crippen molar-refractivity contribution in [2.24, 2.45) is 16.7 Å². The Balaban J connectivity index is 1.19. The van der Waals surface area contributed by atoms with Crippen molar-refractivity contribution >= 4 is 21.9 Å². The van der Waals surface area contributed by atoms with E-state index in [0.717, 1.165) is 81.1 Å². The van der Waals surface area contributed by atoms with Gasteiger partial charge in [0.2, 0.25) is 15.9 Å². The molecule has 50 heavy (non-hydrogen) atoms. The first-order valence-corrected chi connectivity index (χ1v) is 20.8. The van der Waals surface area contributed by atoms with Crippen LogP contribution in [-0.2, 0) is 37.3 Å². The maximum Gasteiger partial charge on any atom is 0.333 e. The number of carbonyl (C=O) groups is 2. The van der Waals surface area contributed by atoms with E-state index in [1.54, 1.807) is 12.0 Å². The molecule has 7 rings (SSSR count). The molecule has 2 aromatic rings. The van der Waals surface area contributed by atoms with E-state index in [9.17, 15) is 18.0 Å². The summed E-state index contributed by atoms with van der Waals surface area (Å²) in [6.07, 6.45) is 12.6. The SMILES string of the molecule is COc1ccc(CN2C(=O)C[C@@]2(Cc2ccccc2)C(=O)O[C@@H]2C[C@H]3CC[C@]2(CS(=O)(=O)N(C2CCCCC2)C2CCCCC2)C3(C)C)cc1. The smallest absolute Gasteiger partial charge is 0.333 e. The number of nitrogens with zero attached hydrogens (tertiary/aromatic N) is 2. The number of likely N-dealkylation sites (tertiary alicyclic amines) is 1. The summed E-state index contributed by atoms with van der Waals surface area (Å²) in [5.41, 5.74) is -0.298. The number of carbonyl (C=O) groups excluding carboxylic acids is 2. The van der Waals surface area contributed by atoms with Crippen molar-refractivity contribution in [1.29, 1.82) is 0 Å². The Morgan fingerprint density at radius 2 is 1.48 bits per heavy atom. The minimum Gasteiger partial charge on any atom is -0.497 e. The van der Waals surface area contributed by atoms with Gasteiger partial charge in [-0.1, -0.05) is 94.8 Å². The summed E-state index contributed by atoms with van der Waals surface area (Å²) in [5.74, 6) is 0.528. The number of esters is 1. The molecule has 1 amide bonds. The molecule has 8 nitrogen and oxygen atoms in total. The third-order valence-electron chi connectivity index (χ3n) is 13.7. The normalized spacial score (nSPS) is 30.0. The number of amides is 1. The minimum absolute atomic E-state index is 0.0224. The van der Waals surface area contributed by atoms with Gasteiger partial charge in [-0.3, -0.25) is 4.79 Å². The van der Waals surface area contributed by atoms with Crippen molar-refractivity contribution in [2.75, 3.05) is 12.9 Å². The lowest BCUT2D eigenvalue weighted by atomic mass is 9.69. The van der Waals surface area contributed by atoms with Crippen molar-refractivity contribution in [3.8, 4) is 5.75 Å². The van der Waals surface area contributed by atoms with Gasteiger partial charge in [0.15, 0.2) is 5.54 Å². The topological polar surface area (TPSA) is 93.2 Å². The summed E-state index contributed by atoms with van der Waals surface area (Å²) in [6.45, 7) is 4.70. The number of β-lactam (4-membered cyclic amide) rings is 1. The predicted molar refractivity (Wildman–Crippen MR) is 194 cm³/mol. The van der Waals surface area contributed by atoms with Crippen molar-refractivity contribution in [2.45, 2.75) is 140 Å². The molecule has 0 unspecified atom stereocenters. The highest BCUT2D eigenvalue weighted by atomic mass is 32.2. The van der Waals surface area contributed by atoms with Crippen LogP contribution in [0.5, 0.6) is 5.75 Å². The number of rotatable bonds is 12. The van der Waals surface area contributed by atoms with Crippen LogP contribution in [0.3, 0.4) is 0 Å². The van der Waals surface area contributed by atoms with E-state index in [1.807, 2.05) is 58.9 Å². The molecule has 2 aromatic carbocycles. The Labute approximate surface area is 299 Å². The summed E-state index contributed by atoms with van der Waals surface area (Å²) < 4.78 is 43.9. The Kier molecular flexibility index (Phi) is 9.87. The van der Waals surface area contributed by atoms with Gasteiger partial charge >= 0.3 is 5.97 Å². The van der Waals surface area contributed by atoms with Crippen molar-refractivity contribution < 1.29 is 27.5 Å². The predicted octanol–water partition coefficient (Wildman–Crippen LogP) is 7.44. The summed E-state index contributed by atoms with van der Waals surface area (Å²) in [4.78, 5) is 29.8. The molecule has 272 valence electrons. The lowest BCUT2D eigenvalue weighted by Crippen LogP contribution is -2.69. The Morgan fingerprint density at radius 3 is 2.04 bits per heavy atom. The third kappa shape index (κ3) is 6.29. The van der Waals surface area contributed by atoms with Crippen LogP contribution in [0.4, 0.5) is 0 Å². The Bertz CT molecular complexity index is 1610. The van der Waals surface area contributed by atoms with Gasteiger partial charge in [-0.2, -0.15) is 4.31 Å². The summed E-state index contributed by atoms with van der Waals surface area (Å²) in [5, 5.41) is 0. The number of fused-ring (bicyclic) bond motifs is 2. The van der Waals surface area contributed by atoms with Crippen molar-refractivity contribution in [3.05, 3.63) is 65.7 Å². The Morgan fingerprint density at radius 1 is 0.860 bits per heavy atom. The average molecular weight is 705 g/mol. The molecule has 2 bridgehead atoms. The molecule has 4 saturated carbocycles. The molecule has 1 saturated heterocycles. The fourth-order valence-electron chi connectivity index (χ4n) is 10.7. The first-order valence-electron chi connectivity index (χ1n) is 19.2. The molecule has 4 aliphatic carbocycles. The molecule has 0 aromatic heterocycles. The van der Waals surface area contributed by atoms with E-state index < -0.39 is 33.1 Å². The fraction of sp³-hybridized carbons (Fsp3) is 0.659. The average Bonchev–Trinajstić information content (AvgIpc) is 3.47. The maximum atomic E-state index is 15.0. The van der Waals surface area contributed by atoms with Gasteiger partial charge in [0.1, 0.15) is 11.9 Å². The third-order valence-corrected chi connectivity index (χ3v) is 15.8. The number of hydrogen-bond donors (Lipinski definition) is 0. The van der Waals surface area contributed by atoms with E-state index in [-0.39, 0.29) is 48.0 Å². The zero-order chi connectivity index (χ0) is 35.1. The molecule has 1 aliphatic heterocycles. The summed E-state index contributed by atoms with van der Waals surface area (Å²) >= 11 is 0. The summed E-state index contributed by atoms with van der Waals surface area (Å²) in [7, 11) is -2.04. The number of methoxy groups -OCH3 is 1. The van der Waals surface area contributed by atoms with Gasteiger partial charge in [-0.05, 0) is 79.5 Å². The number of sulfonamides is 1. The number of hydrogen-bond acceptors (Lipinski definition) is 6.